The minimum atomic E-state index is -1.15. The molecule has 3 heteroatoms. The van der Waals surface area contributed by atoms with Crippen LogP contribution in [-0.2, 0) is 0 Å². The number of hydrogen-bond donors (Lipinski definition) is 0. The van der Waals surface area contributed by atoms with Crippen molar-refractivity contribution in [3.05, 3.63) is 10.5 Å². The van der Waals surface area contributed by atoms with Gasteiger partial charge >= 0.3 is 0 Å². The molecule has 92 valence electrons. The highest BCUT2D eigenvalue weighted by Crippen LogP contribution is 2.50. The number of rotatable bonds is 2. The van der Waals surface area contributed by atoms with Crippen LogP contribution in [0.2, 0.25) is 39.3 Å². The fourth-order valence-electron chi connectivity index (χ4n) is 2.08. The highest BCUT2D eigenvalue weighted by molar-refractivity contribution is 7.60. The lowest BCUT2D eigenvalue weighted by molar-refractivity contribution is 0.531. The first-order valence-electron chi connectivity index (χ1n) is 6.20. The molecule has 16 heavy (non-hydrogen) atoms. The van der Waals surface area contributed by atoms with Gasteiger partial charge in [-0.1, -0.05) is 68.3 Å². The van der Waals surface area contributed by atoms with Gasteiger partial charge in [-0.05, 0) is 20.8 Å². The van der Waals surface area contributed by atoms with Crippen molar-refractivity contribution in [3.8, 4) is 0 Å². The standard InChI is InChI=1S/C13H27PSi2/c1-13(2,3)11-10(15(4,5)6)12(14-11)16(7,8)9/h1-9H3. The second-order valence-electron chi connectivity index (χ2n) is 7.93. The highest BCUT2D eigenvalue weighted by atomic mass is 31.1. The number of hydrogen-bond acceptors (Lipinski definition) is 0. The first-order valence-corrected chi connectivity index (χ1v) is 14.1. The van der Waals surface area contributed by atoms with Crippen molar-refractivity contribution >= 4 is 29.3 Å². The van der Waals surface area contributed by atoms with Gasteiger partial charge in [-0.2, -0.15) is 0 Å². The Hall–Kier alpha value is 0.344. The second-order valence-corrected chi connectivity index (χ2v) is 19.5. The molecule has 0 aromatic rings. The van der Waals surface area contributed by atoms with Crippen LogP contribution in [-0.4, -0.2) is 21.1 Å². The van der Waals surface area contributed by atoms with Crippen molar-refractivity contribution < 1.29 is 0 Å². The van der Waals surface area contributed by atoms with Gasteiger partial charge in [0.05, 0.1) is 16.1 Å². The van der Waals surface area contributed by atoms with Gasteiger partial charge in [0, 0.05) is 0 Å². The van der Waals surface area contributed by atoms with Crippen molar-refractivity contribution in [2.75, 3.05) is 0 Å². The maximum Gasteiger partial charge on any atom is 0.0833 e. The highest BCUT2D eigenvalue weighted by Gasteiger charge is 2.41. The molecule has 0 N–H and O–H groups in total. The minimum Gasteiger partial charge on any atom is -0.0736 e. The molecule has 1 rings (SSSR count). The van der Waals surface area contributed by atoms with E-state index in [0.717, 1.165) is 0 Å². The maximum atomic E-state index is 2.50. The summed E-state index contributed by atoms with van der Waals surface area (Å²) in [6.07, 6.45) is 0. The maximum absolute atomic E-state index is 2.50. The monoisotopic (exact) mass is 270 g/mol. The second kappa shape index (κ2) is 3.93. The van der Waals surface area contributed by atoms with Crippen LogP contribution in [0.3, 0.4) is 0 Å². The third kappa shape index (κ3) is 2.77. The van der Waals surface area contributed by atoms with Crippen LogP contribution in [0.1, 0.15) is 20.8 Å². The summed E-state index contributed by atoms with van der Waals surface area (Å²) in [5.74, 6) is 0. The van der Waals surface area contributed by atoms with Crippen LogP contribution < -0.4 is 0 Å². The third-order valence-electron chi connectivity index (χ3n) is 2.87. The Morgan fingerprint density at radius 3 is 1.50 bits per heavy atom. The molecule has 0 bridgehead atoms. The van der Waals surface area contributed by atoms with E-state index in [1.165, 1.54) is 0 Å². The summed E-state index contributed by atoms with van der Waals surface area (Å²) < 4.78 is 0. The van der Waals surface area contributed by atoms with Gasteiger partial charge in [0.15, 0.2) is 0 Å². The van der Waals surface area contributed by atoms with Gasteiger partial charge in [-0.25, -0.2) is 0 Å². The zero-order valence-electron chi connectivity index (χ0n) is 12.4. The molecule has 0 saturated heterocycles. The molecule has 0 atom stereocenters. The molecule has 0 radical (unpaired) electrons. The Balaban J connectivity index is 3.20. The van der Waals surface area contributed by atoms with E-state index < -0.39 is 16.1 Å². The van der Waals surface area contributed by atoms with E-state index in [-0.39, 0.29) is 0 Å². The van der Waals surface area contributed by atoms with Crippen molar-refractivity contribution in [1.29, 1.82) is 0 Å². The summed E-state index contributed by atoms with van der Waals surface area (Å²) >= 11 is 0. The van der Waals surface area contributed by atoms with Crippen LogP contribution in [0.5, 0.6) is 0 Å². The topological polar surface area (TPSA) is 0 Å². The average Bonchev–Trinajstić information content (AvgIpc) is 1.68. The van der Waals surface area contributed by atoms with Gasteiger partial charge in [0.25, 0.3) is 0 Å². The smallest absolute Gasteiger partial charge is 0.0736 e. The summed E-state index contributed by atoms with van der Waals surface area (Å²) in [6, 6.07) is 0. The lowest BCUT2D eigenvalue weighted by Crippen LogP contribution is -2.46. The van der Waals surface area contributed by atoms with E-state index in [1.54, 1.807) is 13.5 Å². The van der Waals surface area contributed by atoms with Crippen molar-refractivity contribution in [1.82, 2.24) is 0 Å². The first-order chi connectivity index (χ1) is 6.85. The van der Waals surface area contributed by atoms with E-state index in [1.807, 2.05) is 10.1 Å². The summed E-state index contributed by atoms with van der Waals surface area (Å²) in [4.78, 5) is 1.84. The Bertz CT molecular complexity index is 357. The average molecular weight is 271 g/mol. The molecule has 0 amide bonds. The molecule has 0 nitrogen and oxygen atoms in total. The summed E-state index contributed by atoms with van der Waals surface area (Å²) in [5.41, 5.74) is 0.375. The van der Waals surface area contributed by atoms with E-state index in [9.17, 15) is 0 Å². The molecule has 0 saturated carbocycles. The van der Waals surface area contributed by atoms with Crippen molar-refractivity contribution in [3.63, 3.8) is 0 Å². The lowest BCUT2D eigenvalue weighted by Gasteiger charge is -2.42. The predicted octanol–water partition coefficient (Wildman–Crippen LogP) is 5.17. The molecule has 0 unspecified atom stereocenters. The van der Waals surface area contributed by atoms with E-state index >= 15 is 0 Å². The van der Waals surface area contributed by atoms with Crippen molar-refractivity contribution in [2.45, 2.75) is 60.1 Å². The van der Waals surface area contributed by atoms with E-state index in [0.29, 0.717) is 5.41 Å². The number of allylic oxidation sites excluding steroid dienone is 2. The van der Waals surface area contributed by atoms with Crippen LogP contribution >= 0.6 is 8.20 Å². The third-order valence-corrected chi connectivity index (χ3v) is 11.1. The van der Waals surface area contributed by atoms with Gasteiger partial charge in [0.1, 0.15) is 0 Å². The van der Waals surface area contributed by atoms with Crippen molar-refractivity contribution in [2.24, 2.45) is 5.41 Å². The molecule has 0 fully saturated rings. The van der Waals surface area contributed by atoms with Crippen LogP contribution in [0, 0.1) is 5.41 Å². The molecule has 0 spiro atoms. The summed E-state index contributed by atoms with van der Waals surface area (Å²) in [7, 11) is -0.651. The minimum absolute atomic E-state index is 0.375. The van der Waals surface area contributed by atoms with Crippen LogP contribution in [0.25, 0.3) is 0 Å². The van der Waals surface area contributed by atoms with Gasteiger partial charge < -0.3 is 0 Å². The largest absolute Gasteiger partial charge is 0.0833 e. The van der Waals surface area contributed by atoms with E-state index in [2.05, 4.69) is 60.1 Å². The van der Waals surface area contributed by atoms with Gasteiger partial charge in [-0.3, -0.25) is 0 Å². The van der Waals surface area contributed by atoms with Gasteiger partial charge in [-0.15, -0.1) is 0 Å². The SMILES string of the molecule is CC(C)(C)C1=C([Si](C)(C)C)C([Si](C)(C)C)=P1. The Kier molecular flexibility index (Phi) is 3.54. The molecular formula is C13H27PSi2. The summed E-state index contributed by atoms with van der Waals surface area (Å²) in [5, 5.41) is 3.57. The molecular weight excluding hydrogens is 243 g/mol. The van der Waals surface area contributed by atoms with Gasteiger partial charge in [0.2, 0.25) is 0 Å². The molecule has 0 aromatic heterocycles. The molecule has 0 aliphatic carbocycles. The first kappa shape index (κ1) is 14.4. The Labute approximate surface area is 105 Å². The molecule has 1 aliphatic heterocycles. The zero-order chi connectivity index (χ0) is 12.9. The van der Waals surface area contributed by atoms with Crippen LogP contribution in [0.4, 0.5) is 0 Å². The molecule has 1 aliphatic rings. The summed E-state index contributed by atoms with van der Waals surface area (Å²) in [6.45, 7) is 22.1. The normalized spacial score (nSPS) is 19.4. The Morgan fingerprint density at radius 1 is 0.812 bits per heavy atom. The predicted molar refractivity (Wildman–Crippen MR) is 85.1 cm³/mol. The fourth-order valence-corrected chi connectivity index (χ4v) is 12.0. The lowest BCUT2D eigenvalue weighted by atomic mass is 9.95. The zero-order valence-corrected chi connectivity index (χ0v) is 15.3. The van der Waals surface area contributed by atoms with E-state index in [4.69, 9.17) is 0 Å². The Morgan fingerprint density at radius 2 is 1.25 bits per heavy atom. The molecule has 0 aromatic carbocycles. The molecule has 1 heterocycles. The fraction of sp³-hybridized carbons (Fsp3) is 0.769. The van der Waals surface area contributed by atoms with Crippen LogP contribution in [0.15, 0.2) is 10.5 Å². The quantitative estimate of drug-likeness (QED) is 0.479.